The normalized spacial score (nSPS) is 15.6. The number of hydrogen-bond donors (Lipinski definition) is 5. The number of hydrogen-bond acceptors (Lipinski definition) is 5. The first-order chi connectivity index (χ1) is 12.1. The van der Waals surface area contributed by atoms with Crippen molar-refractivity contribution in [3.05, 3.63) is 35.9 Å². The van der Waals surface area contributed by atoms with Gasteiger partial charge < -0.3 is 26.6 Å². The zero-order valence-corrected chi connectivity index (χ0v) is 15.2. The molecule has 144 valence electrons. The Hall–Kier alpha value is -2.45. The number of nitrogens with one attached hydrogen (secondary N) is 2. The summed E-state index contributed by atoms with van der Waals surface area (Å²) in [5.41, 5.74) is 6.61. The number of benzene rings is 1. The highest BCUT2D eigenvalue weighted by Crippen LogP contribution is 2.06. The van der Waals surface area contributed by atoms with E-state index in [9.17, 15) is 19.5 Å². The third-order valence-corrected chi connectivity index (χ3v) is 3.98. The van der Waals surface area contributed by atoms with Gasteiger partial charge in [-0.15, -0.1) is 0 Å². The van der Waals surface area contributed by atoms with E-state index in [1.165, 1.54) is 6.92 Å². The van der Waals surface area contributed by atoms with E-state index < -0.39 is 42.0 Å². The number of amides is 2. The minimum Gasteiger partial charge on any atom is -0.480 e. The van der Waals surface area contributed by atoms with Gasteiger partial charge in [0.2, 0.25) is 11.8 Å². The van der Waals surface area contributed by atoms with Gasteiger partial charge in [-0.05, 0) is 18.4 Å². The molecule has 0 bridgehead atoms. The molecule has 0 aliphatic rings. The Labute approximate surface area is 152 Å². The zero-order valence-electron chi connectivity index (χ0n) is 15.2. The molecule has 0 saturated carbocycles. The fourth-order valence-electron chi connectivity index (χ4n) is 2.27. The largest absolute Gasteiger partial charge is 0.480 e. The third kappa shape index (κ3) is 6.45. The van der Waals surface area contributed by atoms with Crippen LogP contribution in [0.5, 0.6) is 0 Å². The molecule has 0 radical (unpaired) electrons. The van der Waals surface area contributed by atoms with Crippen LogP contribution in [0.4, 0.5) is 0 Å². The highest BCUT2D eigenvalue weighted by molar-refractivity contribution is 5.92. The number of nitrogens with two attached hydrogens (primary N) is 1. The molecular formula is C18H27N3O5. The zero-order chi connectivity index (χ0) is 19.9. The summed E-state index contributed by atoms with van der Waals surface area (Å²) in [5, 5.41) is 23.5. The summed E-state index contributed by atoms with van der Waals surface area (Å²) in [5.74, 6) is -2.69. The molecule has 0 aliphatic heterocycles. The maximum absolute atomic E-state index is 12.6. The van der Waals surface area contributed by atoms with Crippen LogP contribution in [0.1, 0.15) is 26.3 Å². The number of aliphatic hydroxyl groups is 1. The van der Waals surface area contributed by atoms with E-state index in [0.29, 0.717) is 0 Å². The van der Waals surface area contributed by atoms with Crippen LogP contribution in [0, 0.1) is 5.92 Å². The number of carboxylic acid groups (broad SMARTS) is 1. The third-order valence-electron chi connectivity index (χ3n) is 3.98. The minimum atomic E-state index is -1.48. The van der Waals surface area contributed by atoms with Crippen LogP contribution in [0.3, 0.4) is 0 Å². The first-order valence-electron chi connectivity index (χ1n) is 8.44. The van der Waals surface area contributed by atoms with Gasteiger partial charge in [-0.1, -0.05) is 44.2 Å². The summed E-state index contributed by atoms with van der Waals surface area (Å²) in [7, 11) is 0. The number of rotatable bonds is 9. The molecule has 6 N–H and O–H groups in total. The molecule has 2 amide bonds. The van der Waals surface area contributed by atoms with Gasteiger partial charge in [-0.2, -0.15) is 0 Å². The van der Waals surface area contributed by atoms with E-state index in [4.69, 9.17) is 10.8 Å². The van der Waals surface area contributed by atoms with Crippen molar-refractivity contribution in [2.45, 2.75) is 51.4 Å². The van der Waals surface area contributed by atoms with E-state index in [-0.39, 0.29) is 12.3 Å². The predicted molar refractivity (Wildman–Crippen MR) is 96.1 cm³/mol. The smallest absolute Gasteiger partial charge is 0.328 e. The van der Waals surface area contributed by atoms with Gasteiger partial charge in [0.15, 0.2) is 6.04 Å². The number of carboxylic acids is 1. The van der Waals surface area contributed by atoms with E-state index >= 15 is 0 Å². The lowest BCUT2D eigenvalue weighted by Gasteiger charge is -2.24. The average molecular weight is 365 g/mol. The lowest BCUT2D eigenvalue weighted by molar-refractivity contribution is -0.145. The van der Waals surface area contributed by atoms with Crippen LogP contribution in [-0.2, 0) is 20.8 Å². The van der Waals surface area contributed by atoms with Crippen molar-refractivity contribution >= 4 is 17.8 Å². The molecular weight excluding hydrogens is 338 g/mol. The molecule has 0 aromatic heterocycles. The van der Waals surface area contributed by atoms with Crippen LogP contribution in [0.15, 0.2) is 30.3 Å². The Morgan fingerprint density at radius 2 is 1.62 bits per heavy atom. The van der Waals surface area contributed by atoms with Gasteiger partial charge in [-0.25, -0.2) is 4.79 Å². The molecule has 0 heterocycles. The molecule has 1 rings (SSSR count). The molecule has 0 saturated heterocycles. The summed E-state index contributed by atoms with van der Waals surface area (Å²) >= 11 is 0. The molecule has 8 heteroatoms. The predicted octanol–water partition coefficient (Wildman–Crippen LogP) is -0.353. The fourth-order valence-corrected chi connectivity index (χ4v) is 2.27. The molecule has 1 aromatic rings. The maximum Gasteiger partial charge on any atom is 0.328 e. The van der Waals surface area contributed by atoms with Gasteiger partial charge in [0, 0.05) is 6.42 Å². The first-order valence-corrected chi connectivity index (χ1v) is 8.44. The topological polar surface area (TPSA) is 142 Å². The van der Waals surface area contributed by atoms with Crippen molar-refractivity contribution < 1.29 is 24.6 Å². The average Bonchev–Trinajstić information content (AvgIpc) is 2.58. The summed E-state index contributed by atoms with van der Waals surface area (Å²) in [6.07, 6.45) is -1.13. The molecule has 1 aromatic carbocycles. The second kappa shape index (κ2) is 9.88. The summed E-state index contributed by atoms with van der Waals surface area (Å²) in [6, 6.07) is 5.69. The van der Waals surface area contributed by atoms with Gasteiger partial charge in [0.25, 0.3) is 0 Å². The second-order valence-electron chi connectivity index (χ2n) is 6.59. The Kier molecular flexibility index (Phi) is 8.21. The molecule has 0 spiro atoms. The Balaban J connectivity index is 2.97. The quantitative estimate of drug-likeness (QED) is 0.405. The summed E-state index contributed by atoms with van der Waals surface area (Å²) < 4.78 is 0. The maximum atomic E-state index is 12.6. The van der Waals surface area contributed by atoms with Crippen molar-refractivity contribution in [1.82, 2.24) is 10.6 Å². The first kappa shape index (κ1) is 21.6. The van der Waals surface area contributed by atoms with Crippen LogP contribution < -0.4 is 16.4 Å². The van der Waals surface area contributed by atoms with Gasteiger partial charge in [-0.3, -0.25) is 9.59 Å². The van der Waals surface area contributed by atoms with E-state index in [1.807, 2.05) is 6.07 Å². The van der Waals surface area contributed by atoms with E-state index in [2.05, 4.69) is 10.6 Å². The van der Waals surface area contributed by atoms with Crippen molar-refractivity contribution in [1.29, 1.82) is 0 Å². The fraction of sp³-hybridized carbons (Fsp3) is 0.500. The number of aliphatic carboxylic acids is 1. The van der Waals surface area contributed by atoms with Crippen molar-refractivity contribution in [2.75, 3.05) is 0 Å². The van der Waals surface area contributed by atoms with Crippen molar-refractivity contribution in [3.8, 4) is 0 Å². The number of aliphatic hydroxyl groups excluding tert-OH is 1. The summed E-state index contributed by atoms with van der Waals surface area (Å²) in [6.45, 7) is 4.83. The van der Waals surface area contributed by atoms with Crippen LogP contribution in [0.2, 0.25) is 0 Å². The van der Waals surface area contributed by atoms with Gasteiger partial charge in [0.1, 0.15) is 6.04 Å². The van der Waals surface area contributed by atoms with E-state index in [1.54, 1.807) is 38.1 Å². The van der Waals surface area contributed by atoms with Crippen LogP contribution in [0.25, 0.3) is 0 Å². The Bertz CT molecular complexity index is 619. The lowest BCUT2D eigenvalue weighted by Crippen LogP contribution is -2.57. The van der Waals surface area contributed by atoms with E-state index in [0.717, 1.165) is 5.56 Å². The molecule has 26 heavy (non-hydrogen) atoms. The molecule has 0 aliphatic carbocycles. The highest BCUT2D eigenvalue weighted by atomic mass is 16.4. The van der Waals surface area contributed by atoms with Crippen LogP contribution >= 0.6 is 0 Å². The highest BCUT2D eigenvalue weighted by Gasteiger charge is 2.30. The SMILES string of the molecule is CC(C)[C@H](N)C(=O)N[C@@H](Cc1ccccc1)C(=O)N[C@H](C(=O)O)[C@@H](C)O. The number of carbonyl (C=O) groups is 3. The Morgan fingerprint density at radius 1 is 1.04 bits per heavy atom. The minimum absolute atomic E-state index is 0.125. The standard InChI is InChI=1S/C18H27N3O5/c1-10(2)14(19)17(24)20-13(9-12-7-5-4-6-8-12)16(23)21-15(11(3)22)18(25)26/h4-8,10-11,13-15,22H,9,19H2,1-3H3,(H,20,24)(H,21,23)(H,25,26)/t11-,13+,14+,15+/m1/s1. The Morgan fingerprint density at radius 3 is 2.08 bits per heavy atom. The van der Waals surface area contributed by atoms with Gasteiger partial charge in [0.05, 0.1) is 12.1 Å². The molecule has 4 atom stereocenters. The lowest BCUT2D eigenvalue weighted by atomic mass is 10.0. The summed E-state index contributed by atoms with van der Waals surface area (Å²) in [4.78, 5) is 36.0. The monoisotopic (exact) mass is 365 g/mol. The molecule has 0 unspecified atom stereocenters. The van der Waals surface area contributed by atoms with Crippen molar-refractivity contribution in [2.24, 2.45) is 11.7 Å². The molecule has 0 fully saturated rings. The van der Waals surface area contributed by atoms with Crippen LogP contribution in [-0.4, -0.2) is 52.2 Å². The number of carbonyl (C=O) groups excluding carboxylic acids is 2. The van der Waals surface area contributed by atoms with Crippen molar-refractivity contribution in [3.63, 3.8) is 0 Å². The second-order valence-corrected chi connectivity index (χ2v) is 6.59. The van der Waals surface area contributed by atoms with Gasteiger partial charge >= 0.3 is 5.97 Å². The molecule has 8 nitrogen and oxygen atoms in total.